The molecule has 0 saturated carbocycles. The molecule has 2 amide bonds. The van der Waals surface area contributed by atoms with Gasteiger partial charge in [0, 0.05) is 12.5 Å². The van der Waals surface area contributed by atoms with Crippen molar-refractivity contribution in [1.29, 1.82) is 0 Å². The van der Waals surface area contributed by atoms with Gasteiger partial charge in [0.15, 0.2) is 0 Å². The summed E-state index contributed by atoms with van der Waals surface area (Å²) in [5.41, 5.74) is -1.31. The van der Waals surface area contributed by atoms with E-state index >= 15 is 0 Å². The number of carbonyl (C=O) groups excluding carboxylic acids is 2. The third-order valence-corrected chi connectivity index (χ3v) is 3.40. The zero-order valence-electron chi connectivity index (χ0n) is 13.6. The van der Waals surface area contributed by atoms with E-state index in [4.69, 9.17) is 4.42 Å². The Morgan fingerprint density at radius 2 is 2.00 bits per heavy atom. The lowest BCUT2D eigenvalue weighted by Crippen LogP contribution is -2.38. The van der Waals surface area contributed by atoms with E-state index in [0.29, 0.717) is 11.5 Å². The van der Waals surface area contributed by atoms with Crippen molar-refractivity contribution in [1.82, 2.24) is 5.32 Å². The molecule has 1 atom stereocenters. The predicted molar refractivity (Wildman–Crippen MR) is 86.1 cm³/mol. The van der Waals surface area contributed by atoms with Crippen molar-refractivity contribution < 1.29 is 23.5 Å². The van der Waals surface area contributed by atoms with Crippen molar-refractivity contribution in [2.45, 2.75) is 26.4 Å². The lowest BCUT2D eigenvalue weighted by Gasteiger charge is -2.21. The molecule has 1 heterocycles. The van der Waals surface area contributed by atoms with Crippen LogP contribution < -0.4 is 10.6 Å². The van der Waals surface area contributed by atoms with E-state index in [0.717, 1.165) is 6.07 Å². The summed E-state index contributed by atoms with van der Waals surface area (Å²) in [6.45, 7) is 4.42. The topological polar surface area (TPSA) is 91.6 Å². The number of hydrogen-bond acceptors (Lipinski definition) is 4. The first kappa shape index (κ1) is 17.7. The smallest absolute Gasteiger partial charge is 0.251 e. The van der Waals surface area contributed by atoms with Crippen molar-refractivity contribution in [3.8, 4) is 0 Å². The van der Waals surface area contributed by atoms with Crippen LogP contribution in [0.25, 0.3) is 0 Å². The second-order valence-electron chi connectivity index (χ2n) is 5.74. The average Bonchev–Trinajstić information content (AvgIpc) is 2.94. The maximum absolute atomic E-state index is 13.6. The fourth-order valence-electron chi connectivity index (χ4n) is 2.12. The van der Waals surface area contributed by atoms with E-state index in [1.165, 1.54) is 26.0 Å². The number of amides is 2. The molecule has 0 saturated heterocycles. The van der Waals surface area contributed by atoms with Gasteiger partial charge in [-0.3, -0.25) is 9.59 Å². The van der Waals surface area contributed by atoms with Crippen molar-refractivity contribution >= 4 is 17.5 Å². The van der Waals surface area contributed by atoms with Crippen LogP contribution >= 0.6 is 0 Å². The number of nitrogens with one attached hydrogen (secondary N) is 2. The number of halogens is 1. The number of aliphatic hydroxyl groups is 1. The van der Waals surface area contributed by atoms with Crippen LogP contribution in [0.1, 0.15) is 35.7 Å². The van der Waals surface area contributed by atoms with Crippen molar-refractivity contribution in [3.05, 3.63) is 53.2 Å². The summed E-state index contributed by atoms with van der Waals surface area (Å²) in [6.07, 6.45) is 0. The van der Waals surface area contributed by atoms with Crippen molar-refractivity contribution in [2.75, 3.05) is 11.9 Å². The summed E-state index contributed by atoms with van der Waals surface area (Å²) >= 11 is 0. The lowest BCUT2D eigenvalue weighted by molar-refractivity contribution is -0.114. The van der Waals surface area contributed by atoms with Crippen LogP contribution in [0, 0.1) is 12.7 Å². The van der Waals surface area contributed by atoms with Gasteiger partial charge in [-0.15, -0.1) is 0 Å². The Balaban J connectivity index is 2.08. The fourth-order valence-corrected chi connectivity index (χ4v) is 2.12. The highest BCUT2D eigenvalue weighted by atomic mass is 19.1. The zero-order chi connectivity index (χ0) is 17.9. The Bertz CT molecular complexity index is 768. The minimum absolute atomic E-state index is 0.0800. The van der Waals surface area contributed by atoms with Gasteiger partial charge >= 0.3 is 0 Å². The minimum atomic E-state index is -1.38. The van der Waals surface area contributed by atoms with Crippen LogP contribution in [0.2, 0.25) is 0 Å². The van der Waals surface area contributed by atoms with Gasteiger partial charge in [0.05, 0.1) is 12.2 Å². The highest BCUT2D eigenvalue weighted by molar-refractivity contribution is 5.96. The minimum Gasteiger partial charge on any atom is -0.463 e. The van der Waals surface area contributed by atoms with Gasteiger partial charge in [-0.05, 0) is 44.2 Å². The first-order valence-corrected chi connectivity index (χ1v) is 7.33. The van der Waals surface area contributed by atoms with Crippen LogP contribution in [0.15, 0.2) is 34.7 Å². The number of benzene rings is 1. The molecule has 1 aromatic heterocycles. The molecule has 0 radical (unpaired) electrons. The summed E-state index contributed by atoms with van der Waals surface area (Å²) in [4.78, 5) is 23.2. The molecule has 128 valence electrons. The van der Waals surface area contributed by atoms with E-state index in [1.807, 2.05) is 0 Å². The Kier molecular flexibility index (Phi) is 5.04. The third kappa shape index (κ3) is 4.20. The zero-order valence-corrected chi connectivity index (χ0v) is 13.6. The molecule has 2 aromatic rings. The quantitative estimate of drug-likeness (QED) is 0.782. The van der Waals surface area contributed by atoms with Gasteiger partial charge in [0.1, 0.15) is 22.9 Å². The van der Waals surface area contributed by atoms with Gasteiger partial charge in [-0.2, -0.15) is 0 Å². The molecule has 0 aliphatic carbocycles. The molecule has 0 aliphatic heterocycles. The molecule has 0 fully saturated rings. The molecule has 7 heteroatoms. The van der Waals surface area contributed by atoms with Gasteiger partial charge in [0.2, 0.25) is 5.91 Å². The van der Waals surface area contributed by atoms with E-state index in [9.17, 15) is 19.1 Å². The molecular weight excluding hydrogens is 315 g/mol. The standard InChI is InChI=1S/C17H19FN2O4/c1-10-4-7-15(24-10)17(3,23)9-19-16(22)12-5-6-13(18)14(8-12)20-11(2)21/h4-8,23H,9H2,1-3H3,(H,19,22)(H,20,21). The maximum Gasteiger partial charge on any atom is 0.251 e. The highest BCUT2D eigenvalue weighted by Crippen LogP contribution is 2.22. The van der Waals surface area contributed by atoms with Crippen molar-refractivity contribution in [3.63, 3.8) is 0 Å². The first-order chi connectivity index (χ1) is 11.2. The number of furan rings is 1. The van der Waals surface area contributed by atoms with Gasteiger partial charge < -0.3 is 20.2 Å². The van der Waals surface area contributed by atoms with Crippen LogP contribution in [-0.2, 0) is 10.4 Å². The lowest BCUT2D eigenvalue weighted by atomic mass is 10.0. The van der Waals surface area contributed by atoms with Crippen LogP contribution in [0.3, 0.4) is 0 Å². The molecule has 0 spiro atoms. The van der Waals surface area contributed by atoms with Gasteiger partial charge in [-0.1, -0.05) is 0 Å². The Morgan fingerprint density at radius 1 is 1.29 bits per heavy atom. The maximum atomic E-state index is 13.6. The normalized spacial score (nSPS) is 13.2. The van der Waals surface area contributed by atoms with E-state index in [1.54, 1.807) is 19.1 Å². The molecule has 0 bridgehead atoms. The highest BCUT2D eigenvalue weighted by Gasteiger charge is 2.27. The monoisotopic (exact) mass is 334 g/mol. The number of aryl methyl sites for hydroxylation is 1. The third-order valence-electron chi connectivity index (χ3n) is 3.40. The van der Waals surface area contributed by atoms with Gasteiger partial charge in [0.25, 0.3) is 5.91 Å². The Labute approximate surface area is 138 Å². The number of anilines is 1. The summed E-state index contributed by atoms with van der Waals surface area (Å²) in [7, 11) is 0. The molecular formula is C17H19FN2O4. The molecule has 24 heavy (non-hydrogen) atoms. The molecule has 2 rings (SSSR count). The van der Waals surface area contributed by atoms with Crippen LogP contribution in [-0.4, -0.2) is 23.5 Å². The van der Waals surface area contributed by atoms with Gasteiger partial charge in [-0.25, -0.2) is 4.39 Å². The molecule has 0 aliphatic rings. The van der Waals surface area contributed by atoms with E-state index in [-0.39, 0.29) is 17.8 Å². The number of carbonyl (C=O) groups is 2. The number of rotatable bonds is 5. The van der Waals surface area contributed by atoms with Crippen LogP contribution in [0.5, 0.6) is 0 Å². The second-order valence-corrected chi connectivity index (χ2v) is 5.74. The summed E-state index contributed by atoms with van der Waals surface area (Å²) in [5, 5.41) is 15.3. The van der Waals surface area contributed by atoms with E-state index in [2.05, 4.69) is 10.6 Å². The first-order valence-electron chi connectivity index (χ1n) is 7.33. The average molecular weight is 334 g/mol. The largest absolute Gasteiger partial charge is 0.463 e. The Morgan fingerprint density at radius 3 is 2.58 bits per heavy atom. The Hall–Kier alpha value is -2.67. The molecule has 3 N–H and O–H groups in total. The summed E-state index contributed by atoms with van der Waals surface area (Å²) in [5.74, 6) is -0.610. The second kappa shape index (κ2) is 6.84. The van der Waals surface area contributed by atoms with E-state index < -0.39 is 23.2 Å². The van der Waals surface area contributed by atoms with Crippen molar-refractivity contribution in [2.24, 2.45) is 0 Å². The molecule has 1 aromatic carbocycles. The predicted octanol–water partition coefficient (Wildman–Crippen LogP) is 2.32. The molecule has 1 unspecified atom stereocenters. The molecule has 6 nitrogen and oxygen atoms in total. The summed E-state index contributed by atoms with van der Waals surface area (Å²) in [6, 6.07) is 6.97. The fraction of sp³-hybridized carbons (Fsp3) is 0.294. The summed E-state index contributed by atoms with van der Waals surface area (Å²) < 4.78 is 19.0. The number of hydrogen-bond donors (Lipinski definition) is 3. The SMILES string of the molecule is CC(=O)Nc1cc(C(=O)NCC(C)(O)c2ccc(C)o2)ccc1F. The van der Waals surface area contributed by atoms with Crippen LogP contribution in [0.4, 0.5) is 10.1 Å².